The number of amides is 1. The van der Waals surface area contributed by atoms with Gasteiger partial charge in [0, 0.05) is 87.1 Å². The van der Waals surface area contributed by atoms with E-state index in [1.54, 1.807) is 13.1 Å². The Morgan fingerprint density at radius 2 is 1.67 bits per heavy atom. The second-order valence-electron chi connectivity index (χ2n) is 14.4. The normalized spacial score (nSPS) is 14.4. The van der Waals surface area contributed by atoms with E-state index in [2.05, 4.69) is 31.9 Å². The Morgan fingerprint density at radius 3 is 2.37 bits per heavy atom. The van der Waals surface area contributed by atoms with E-state index in [0.29, 0.717) is 50.6 Å². The van der Waals surface area contributed by atoms with Crippen molar-refractivity contribution in [2.75, 3.05) is 77.8 Å². The number of hydrogen-bond donors (Lipinski definition) is 1. The van der Waals surface area contributed by atoms with Gasteiger partial charge in [0.15, 0.2) is 17.0 Å². The number of carbonyl (C=O) groups is 2. The van der Waals surface area contributed by atoms with Gasteiger partial charge in [0.1, 0.15) is 6.61 Å². The van der Waals surface area contributed by atoms with Crippen LogP contribution in [0, 0.1) is 19.7 Å². The number of carbonyl (C=O) groups excluding carboxylic acids is 1. The monoisotopic (exact) mass is 790 g/mol. The molecule has 1 saturated heterocycles. The number of carboxylic acid groups (broad SMARTS) is 1. The molecule has 1 aromatic carbocycles. The fraction of sp³-hybridized carbons (Fsp3) is 0.500. The molecule has 0 spiro atoms. The van der Waals surface area contributed by atoms with Crippen LogP contribution < -0.4 is 15.1 Å². The lowest BCUT2D eigenvalue weighted by atomic mass is 10.0. The Labute approximate surface area is 333 Å². The summed E-state index contributed by atoms with van der Waals surface area (Å²) >= 11 is 0. The van der Waals surface area contributed by atoms with Crippen LogP contribution in [0.3, 0.4) is 0 Å². The van der Waals surface area contributed by atoms with E-state index in [9.17, 15) is 14.4 Å². The number of likely N-dealkylation sites (N-methyl/N-ethyl adjacent to an activating group) is 1. The average Bonchev–Trinajstić information content (AvgIpc) is 3.19. The number of ether oxygens (including phenoxy) is 4. The molecule has 5 rings (SSSR count). The summed E-state index contributed by atoms with van der Waals surface area (Å²) in [5, 5.41) is 8.86. The number of aromatic nitrogens is 3. The number of anilines is 1. The first kappa shape index (κ1) is 43.2. The molecule has 14 nitrogen and oxygen atoms in total. The fourth-order valence-corrected chi connectivity index (χ4v) is 6.85. The van der Waals surface area contributed by atoms with Crippen LogP contribution in [0.1, 0.15) is 48.2 Å². The fourth-order valence-electron chi connectivity index (χ4n) is 6.85. The molecule has 0 unspecified atom stereocenters. The molecule has 1 amide bonds. The molecule has 308 valence electrons. The highest BCUT2D eigenvalue weighted by Gasteiger charge is 2.27. The summed E-state index contributed by atoms with van der Waals surface area (Å²) in [6.45, 7) is 8.56. The Bertz CT molecular complexity index is 1990. The Hall–Kier alpha value is -4.96. The van der Waals surface area contributed by atoms with E-state index in [1.165, 1.54) is 11.0 Å². The number of pyridine rings is 3. The summed E-state index contributed by atoms with van der Waals surface area (Å²) in [5.41, 5.74) is 4.99. The first-order valence-electron chi connectivity index (χ1n) is 19.4. The van der Waals surface area contributed by atoms with Crippen LogP contribution in [0.2, 0.25) is 0 Å². The van der Waals surface area contributed by atoms with Crippen LogP contribution >= 0.6 is 0 Å². The van der Waals surface area contributed by atoms with E-state index in [-0.39, 0.29) is 67.7 Å². The predicted octanol–water partition coefficient (Wildman–Crippen LogP) is 4.51. The second kappa shape index (κ2) is 21.5. The minimum atomic E-state index is -0.912. The SMILES string of the molecule is Cc1ccc(N2CCC[C@H](N(Cc3ccnc(C)c3)Cc3cn(C)c4cc(OCCN(C)C(=O)CCOCCOCCOCCC(=O)O)c(F)cc4c3=O)C2)cn1. The standard InChI is InChI=1S/C42H55FN6O8/c1-30-7-8-34(25-45-30)48-13-5-6-35(29-48)49(26-32-9-12-44-31(2)22-32)28-33-27-47(4)38-24-39(37(43)23-36(38)42(33)53)57-17-14-46(3)40(50)10-15-54-18-20-56-21-19-55-16-11-41(51)52/h7-9,12,22-25,27,35H,5-6,10-11,13-21,26,28-29H2,1-4H3,(H,51,52)/t35-/m0/s1. The number of aliphatic carboxylic acids is 1. The summed E-state index contributed by atoms with van der Waals surface area (Å²) < 4.78 is 39.1. The van der Waals surface area contributed by atoms with Crippen molar-refractivity contribution in [3.05, 3.63) is 93.5 Å². The molecule has 0 bridgehead atoms. The quantitative estimate of drug-likeness (QED) is 0.112. The lowest BCUT2D eigenvalue weighted by Crippen LogP contribution is -2.48. The van der Waals surface area contributed by atoms with Crippen LogP contribution in [0.5, 0.6) is 5.75 Å². The number of halogens is 1. The highest BCUT2D eigenvalue weighted by molar-refractivity contribution is 5.81. The number of rotatable bonds is 22. The molecule has 4 heterocycles. The molecule has 1 aliphatic heterocycles. The van der Waals surface area contributed by atoms with Gasteiger partial charge < -0.3 is 38.4 Å². The molecule has 3 aromatic heterocycles. The van der Waals surface area contributed by atoms with Gasteiger partial charge in [-0.15, -0.1) is 0 Å². The predicted molar refractivity (Wildman–Crippen MR) is 214 cm³/mol. The summed E-state index contributed by atoms with van der Waals surface area (Å²) in [5.74, 6) is -1.71. The third kappa shape index (κ3) is 13.0. The highest BCUT2D eigenvalue weighted by atomic mass is 19.1. The van der Waals surface area contributed by atoms with Crippen molar-refractivity contribution in [2.45, 2.75) is 58.7 Å². The van der Waals surface area contributed by atoms with Crippen LogP contribution in [0.4, 0.5) is 10.1 Å². The van der Waals surface area contributed by atoms with Crippen LogP contribution in [-0.2, 0) is 43.9 Å². The topological polar surface area (TPSA) is 149 Å². The lowest BCUT2D eigenvalue weighted by Gasteiger charge is -2.40. The molecule has 4 aromatic rings. The van der Waals surface area contributed by atoms with Crippen LogP contribution in [0.25, 0.3) is 10.9 Å². The third-order valence-electron chi connectivity index (χ3n) is 9.98. The van der Waals surface area contributed by atoms with E-state index >= 15 is 4.39 Å². The number of fused-ring (bicyclic) bond motifs is 1. The zero-order valence-electron chi connectivity index (χ0n) is 33.5. The molecule has 1 aliphatic rings. The Kier molecular flexibility index (Phi) is 16.3. The Balaban J connectivity index is 1.16. The number of piperidine rings is 1. The van der Waals surface area contributed by atoms with Gasteiger partial charge in [0.25, 0.3) is 0 Å². The minimum absolute atomic E-state index is 0.00398. The Morgan fingerprint density at radius 1 is 0.930 bits per heavy atom. The third-order valence-corrected chi connectivity index (χ3v) is 9.98. The molecule has 15 heteroatoms. The van der Waals surface area contributed by atoms with Crippen LogP contribution in [0.15, 0.2) is 59.8 Å². The number of benzene rings is 1. The van der Waals surface area contributed by atoms with E-state index < -0.39 is 11.8 Å². The maximum Gasteiger partial charge on any atom is 0.305 e. The molecule has 0 saturated carbocycles. The van der Waals surface area contributed by atoms with Crippen molar-refractivity contribution in [3.63, 3.8) is 0 Å². The number of carboxylic acids is 1. The van der Waals surface area contributed by atoms with Crippen molar-refractivity contribution >= 4 is 28.5 Å². The second-order valence-corrected chi connectivity index (χ2v) is 14.4. The molecule has 57 heavy (non-hydrogen) atoms. The number of hydrogen-bond acceptors (Lipinski definition) is 11. The van der Waals surface area contributed by atoms with Gasteiger partial charge in [0.05, 0.1) is 76.4 Å². The highest BCUT2D eigenvalue weighted by Crippen LogP contribution is 2.27. The van der Waals surface area contributed by atoms with Crippen molar-refractivity contribution < 1.29 is 38.0 Å². The van der Waals surface area contributed by atoms with Gasteiger partial charge in [-0.3, -0.25) is 29.3 Å². The van der Waals surface area contributed by atoms with Gasteiger partial charge in [-0.1, -0.05) is 0 Å². The molecule has 1 fully saturated rings. The van der Waals surface area contributed by atoms with Gasteiger partial charge in [-0.05, 0) is 62.6 Å². The zero-order valence-corrected chi connectivity index (χ0v) is 33.5. The summed E-state index contributed by atoms with van der Waals surface area (Å²) in [6, 6.07) is 11.2. The summed E-state index contributed by atoms with van der Waals surface area (Å²) in [4.78, 5) is 52.2. The van der Waals surface area contributed by atoms with Crippen molar-refractivity contribution in [2.24, 2.45) is 7.05 Å². The van der Waals surface area contributed by atoms with E-state index in [0.717, 1.165) is 48.6 Å². The maximum atomic E-state index is 15.5. The van der Waals surface area contributed by atoms with Gasteiger partial charge >= 0.3 is 5.97 Å². The zero-order chi connectivity index (χ0) is 40.7. The molecular formula is C42H55FN6O8. The minimum Gasteiger partial charge on any atom is -0.489 e. The van der Waals surface area contributed by atoms with Crippen molar-refractivity contribution in [3.8, 4) is 5.75 Å². The average molecular weight is 791 g/mol. The summed E-state index contributed by atoms with van der Waals surface area (Å²) in [7, 11) is 3.49. The number of aryl methyl sites for hydroxylation is 3. The van der Waals surface area contributed by atoms with Gasteiger partial charge in [-0.2, -0.15) is 0 Å². The van der Waals surface area contributed by atoms with Crippen LogP contribution in [-0.4, -0.2) is 120 Å². The number of nitrogens with zero attached hydrogens (tertiary/aromatic N) is 6. The first-order chi connectivity index (χ1) is 27.5. The van der Waals surface area contributed by atoms with Crippen molar-refractivity contribution in [1.29, 1.82) is 0 Å². The smallest absolute Gasteiger partial charge is 0.305 e. The van der Waals surface area contributed by atoms with E-state index in [4.69, 9.17) is 24.1 Å². The van der Waals surface area contributed by atoms with E-state index in [1.807, 2.05) is 56.2 Å². The molecule has 1 N–H and O–H groups in total. The van der Waals surface area contributed by atoms with Gasteiger partial charge in [-0.25, -0.2) is 4.39 Å². The molecule has 0 aliphatic carbocycles. The molecular weight excluding hydrogens is 735 g/mol. The largest absolute Gasteiger partial charge is 0.489 e. The van der Waals surface area contributed by atoms with Gasteiger partial charge in [0.2, 0.25) is 5.91 Å². The first-order valence-corrected chi connectivity index (χ1v) is 19.4. The van der Waals surface area contributed by atoms with Crippen molar-refractivity contribution in [1.82, 2.24) is 24.3 Å². The maximum absolute atomic E-state index is 15.5. The lowest BCUT2D eigenvalue weighted by molar-refractivity contribution is -0.138. The summed E-state index contributed by atoms with van der Waals surface area (Å²) in [6.07, 6.45) is 7.66. The molecule has 0 radical (unpaired) electrons. The molecule has 1 atom stereocenters.